The van der Waals surface area contributed by atoms with E-state index in [-0.39, 0.29) is 11.8 Å². The average Bonchev–Trinajstić information content (AvgIpc) is 3.01. The quantitative estimate of drug-likeness (QED) is 0.862. The minimum atomic E-state index is 0.0698. The SMILES string of the molecule is Cc1c(NC(=O)C2CC2)c(-n2cnnc2)nn1C. The molecule has 1 fully saturated rings. The van der Waals surface area contributed by atoms with Crippen molar-refractivity contribution in [1.82, 2.24) is 24.5 Å². The maximum Gasteiger partial charge on any atom is 0.227 e. The van der Waals surface area contributed by atoms with E-state index >= 15 is 0 Å². The third kappa shape index (κ3) is 1.77. The summed E-state index contributed by atoms with van der Waals surface area (Å²) in [6, 6.07) is 0. The lowest BCUT2D eigenvalue weighted by Gasteiger charge is -2.05. The fourth-order valence-electron chi connectivity index (χ4n) is 1.80. The Kier molecular flexibility index (Phi) is 2.39. The highest BCUT2D eigenvalue weighted by atomic mass is 16.2. The normalized spacial score (nSPS) is 14.8. The van der Waals surface area contributed by atoms with Crippen molar-refractivity contribution in [2.75, 3.05) is 5.32 Å². The van der Waals surface area contributed by atoms with Crippen molar-refractivity contribution in [3.8, 4) is 5.82 Å². The Morgan fingerprint density at radius 1 is 1.39 bits per heavy atom. The van der Waals surface area contributed by atoms with Gasteiger partial charge < -0.3 is 5.32 Å². The Hall–Kier alpha value is -2.18. The van der Waals surface area contributed by atoms with E-state index in [1.54, 1.807) is 21.9 Å². The third-order valence-corrected chi connectivity index (χ3v) is 3.18. The predicted octanol–water partition coefficient (Wildman–Crippen LogP) is 0.658. The van der Waals surface area contributed by atoms with Crippen LogP contribution in [0.1, 0.15) is 18.5 Å². The van der Waals surface area contributed by atoms with E-state index in [4.69, 9.17) is 0 Å². The van der Waals surface area contributed by atoms with Crippen LogP contribution in [0.2, 0.25) is 0 Å². The lowest BCUT2D eigenvalue weighted by molar-refractivity contribution is -0.117. The second-order valence-electron chi connectivity index (χ2n) is 4.54. The van der Waals surface area contributed by atoms with Crippen LogP contribution in [0.25, 0.3) is 5.82 Å². The first-order chi connectivity index (χ1) is 8.66. The summed E-state index contributed by atoms with van der Waals surface area (Å²) in [7, 11) is 1.84. The zero-order valence-electron chi connectivity index (χ0n) is 10.3. The van der Waals surface area contributed by atoms with Gasteiger partial charge >= 0.3 is 0 Å². The number of hydrogen-bond acceptors (Lipinski definition) is 4. The van der Waals surface area contributed by atoms with Gasteiger partial charge in [-0.2, -0.15) is 5.10 Å². The number of nitrogens with zero attached hydrogens (tertiary/aromatic N) is 5. The molecule has 0 aliphatic heterocycles. The van der Waals surface area contributed by atoms with Crippen LogP contribution < -0.4 is 5.32 Å². The molecule has 0 radical (unpaired) electrons. The van der Waals surface area contributed by atoms with Crippen molar-refractivity contribution in [2.45, 2.75) is 19.8 Å². The summed E-state index contributed by atoms with van der Waals surface area (Å²) in [5, 5.41) is 14.8. The highest BCUT2D eigenvalue weighted by molar-refractivity contribution is 5.96. The van der Waals surface area contributed by atoms with Gasteiger partial charge in [0.2, 0.25) is 5.91 Å². The van der Waals surface area contributed by atoms with Crippen molar-refractivity contribution >= 4 is 11.6 Å². The van der Waals surface area contributed by atoms with Gasteiger partial charge in [-0.15, -0.1) is 10.2 Å². The molecule has 1 amide bonds. The Morgan fingerprint density at radius 2 is 2.06 bits per heavy atom. The fourth-order valence-corrected chi connectivity index (χ4v) is 1.80. The number of rotatable bonds is 3. The average molecular weight is 246 g/mol. The van der Waals surface area contributed by atoms with Crippen LogP contribution in [0.3, 0.4) is 0 Å². The molecule has 3 rings (SSSR count). The van der Waals surface area contributed by atoms with Crippen LogP contribution in [-0.4, -0.2) is 30.5 Å². The lowest BCUT2D eigenvalue weighted by Crippen LogP contribution is -2.15. The van der Waals surface area contributed by atoms with E-state index < -0.39 is 0 Å². The van der Waals surface area contributed by atoms with Gasteiger partial charge in [-0.05, 0) is 19.8 Å². The summed E-state index contributed by atoms with van der Waals surface area (Å²) in [4.78, 5) is 11.9. The molecule has 0 spiro atoms. The summed E-state index contributed by atoms with van der Waals surface area (Å²) in [5.74, 6) is 0.882. The smallest absolute Gasteiger partial charge is 0.227 e. The molecule has 7 nitrogen and oxygen atoms in total. The molecular weight excluding hydrogens is 232 g/mol. The first-order valence-electron chi connectivity index (χ1n) is 5.86. The zero-order valence-corrected chi connectivity index (χ0v) is 10.3. The topological polar surface area (TPSA) is 77.6 Å². The standard InChI is InChI=1S/C11H14N6O/c1-7-9(14-11(18)8-3-4-8)10(15-16(7)2)17-5-12-13-6-17/h5-6,8H,3-4H2,1-2H3,(H,14,18). The molecule has 2 aromatic rings. The first-order valence-corrected chi connectivity index (χ1v) is 5.86. The summed E-state index contributed by atoms with van der Waals surface area (Å²) in [6.45, 7) is 1.92. The van der Waals surface area contributed by atoms with Crippen molar-refractivity contribution in [3.05, 3.63) is 18.3 Å². The molecule has 0 aromatic carbocycles. The monoisotopic (exact) mass is 246 g/mol. The van der Waals surface area contributed by atoms with Crippen molar-refractivity contribution < 1.29 is 4.79 Å². The number of anilines is 1. The van der Waals surface area contributed by atoms with Gasteiger partial charge in [0.15, 0.2) is 5.82 Å². The van der Waals surface area contributed by atoms with E-state index in [1.165, 1.54) is 0 Å². The largest absolute Gasteiger partial charge is 0.321 e. The number of amides is 1. The van der Waals surface area contributed by atoms with E-state index in [0.717, 1.165) is 24.2 Å². The molecule has 2 heterocycles. The number of carbonyl (C=O) groups is 1. The summed E-state index contributed by atoms with van der Waals surface area (Å²) >= 11 is 0. The van der Waals surface area contributed by atoms with Crippen LogP contribution in [0.5, 0.6) is 0 Å². The molecule has 0 bridgehead atoms. The van der Waals surface area contributed by atoms with Crippen LogP contribution in [0, 0.1) is 12.8 Å². The molecule has 1 saturated carbocycles. The highest BCUT2D eigenvalue weighted by Gasteiger charge is 2.31. The minimum Gasteiger partial charge on any atom is -0.321 e. The molecule has 18 heavy (non-hydrogen) atoms. The van der Waals surface area contributed by atoms with E-state index in [1.807, 2.05) is 14.0 Å². The van der Waals surface area contributed by atoms with Crippen molar-refractivity contribution in [2.24, 2.45) is 13.0 Å². The molecule has 7 heteroatoms. The van der Waals surface area contributed by atoms with Crippen molar-refractivity contribution in [3.63, 3.8) is 0 Å². The number of nitrogens with one attached hydrogen (secondary N) is 1. The number of aryl methyl sites for hydroxylation is 1. The van der Waals surface area contributed by atoms with Gasteiger partial charge in [0.25, 0.3) is 0 Å². The minimum absolute atomic E-state index is 0.0698. The van der Waals surface area contributed by atoms with Gasteiger partial charge in [-0.1, -0.05) is 0 Å². The summed E-state index contributed by atoms with van der Waals surface area (Å²) in [5.41, 5.74) is 1.64. The predicted molar refractivity (Wildman–Crippen MR) is 64.2 cm³/mol. The van der Waals surface area contributed by atoms with Crippen LogP contribution in [0.4, 0.5) is 5.69 Å². The molecule has 1 aliphatic rings. The maximum atomic E-state index is 11.9. The second kappa shape index (κ2) is 3.94. The van der Waals surface area contributed by atoms with Crippen LogP contribution in [-0.2, 0) is 11.8 Å². The van der Waals surface area contributed by atoms with E-state index in [9.17, 15) is 4.79 Å². The molecule has 0 atom stereocenters. The molecule has 0 saturated heterocycles. The molecule has 0 unspecified atom stereocenters. The Labute approximate surface area is 104 Å². The molecule has 2 aromatic heterocycles. The van der Waals surface area contributed by atoms with Gasteiger partial charge in [-0.3, -0.25) is 14.0 Å². The van der Waals surface area contributed by atoms with E-state index in [2.05, 4.69) is 20.6 Å². The Morgan fingerprint density at radius 3 is 2.67 bits per heavy atom. The summed E-state index contributed by atoms with van der Waals surface area (Å²) in [6.07, 6.45) is 5.09. The van der Waals surface area contributed by atoms with Crippen LogP contribution in [0.15, 0.2) is 12.7 Å². The number of carbonyl (C=O) groups excluding carboxylic acids is 1. The Bertz CT molecular complexity index is 581. The maximum absolute atomic E-state index is 11.9. The summed E-state index contributed by atoms with van der Waals surface area (Å²) < 4.78 is 3.42. The zero-order chi connectivity index (χ0) is 12.7. The van der Waals surface area contributed by atoms with E-state index in [0.29, 0.717) is 5.82 Å². The molecule has 1 aliphatic carbocycles. The molecular formula is C11H14N6O. The van der Waals surface area contributed by atoms with Crippen LogP contribution >= 0.6 is 0 Å². The van der Waals surface area contributed by atoms with Gasteiger partial charge in [0.1, 0.15) is 18.3 Å². The Balaban J connectivity index is 1.98. The van der Waals surface area contributed by atoms with Gasteiger partial charge in [0.05, 0.1) is 5.69 Å². The van der Waals surface area contributed by atoms with Crippen molar-refractivity contribution in [1.29, 1.82) is 0 Å². The van der Waals surface area contributed by atoms with Gasteiger partial charge in [-0.25, -0.2) is 0 Å². The fraction of sp³-hybridized carbons (Fsp3) is 0.455. The number of aromatic nitrogens is 5. The highest BCUT2D eigenvalue weighted by Crippen LogP contribution is 2.32. The molecule has 1 N–H and O–H groups in total. The van der Waals surface area contributed by atoms with Gasteiger partial charge in [0, 0.05) is 13.0 Å². The third-order valence-electron chi connectivity index (χ3n) is 3.18. The second-order valence-corrected chi connectivity index (χ2v) is 4.54. The lowest BCUT2D eigenvalue weighted by atomic mass is 10.3. The first kappa shape index (κ1) is 10.9. The number of hydrogen-bond donors (Lipinski definition) is 1. The molecule has 94 valence electrons.